The van der Waals surface area contributed by atoms with Crippen LogP contribution < -0.4 is 4.74 Å². The molecule has 132 valence electrons. The first kappa shape index (κ1) is 19.2. The second-order valence-corrected chi connectivity index (χ2v) is 6.30. The number of hydrogen-bond donors (Lipinski definition) is 0. The van der Waals surface area contributed by atoms with Crippen molar-refractivity contribution in [2.75, 3.05) is 6.61 Å². The van der Waals surface area contributed by atoms with Gasteiger partial charge in [-0.2, -0.15) is 0 Å². The van der Waals surface area contributed by atoms with E-state index in [2.05, 4.69) is 0 Å². The Hall–Kier alpha value is -2.11. The maximum Gasteiger partial charge on any atom is 0.311 e. The summed E-state index contributed by atoms with van der Waals surface area (Å²) in [4.78, 5) is 23.1. The average molecular weight is 382 g/mol. The second-order valence-electron chi connectivity index (χ2n) is 5.49. The van der Waals surface area contributed by atoms with E-state index in [1.165, 1.54) is 18.2 Å². The van der Waals surface area contributed by atoms with Crippen molar-refractivity contribution in [2.45, 2.75) is 26.2 Å². The fraction of sp³-hybridized carbons (Fsp3) is 0.278. The van der Waals surface area contributed by atoms with E-state index in [0.29, 0.717) is 22.2 Å². The molecule has 2 aromatic rings. The van der Waals surface area contributed by atoms with Crippen LogP contribution in [0.25, 0.3) is 0 Å². The van der Waals surface area contributed by atoms with Gasteiger partial charge in [0.25, 0.3) is 0 Å². The zero-order chi connectivity index (χ0) is 18.4. The van der Waals surface area contributed by atoms with Gasteiger partial charge in [-0.05, 0) is 36.2 Å². The van der Waals surface area contributed by atoms with Gasteiger partial charge >= 0.3 is 5.69 Å². The minimum atomic E-state index is -0.544. The highest BCUT2D eigenvalue weighted by atomic mass is 35.5. The van der Waals surface area contributed by atoms with Crippen molar-refractivity contribution >= 4 is 34.7 Å². The molecule has 0 aliphatic rings. The summed E-state index contributed by atoms with van der Waals surface area (Å²) in [6, 6.07) is 9.17. The smallest absolute Gasteiger partial charge is 0.311 e. The molecule has 0 aliphatic heterocycles. The Morgan fingerprint density at radius 2 is 1.92 bits per heavy atom. The SMILES string of the molecule is CCCCOc1ccc(C(=O)Cc2ccc(Cl)c(Cl)c2)cc1[N+](=O)[O-]. The lowest BCUT2D eigenvalue weighted by Crippen LogP contribution is -2.06. The van der Waals surface area contributed by atoms with Crippen molar-refractivity contribution in [3.05, 3.63) is 67.7 Å². The van der Waals surface area contributed by atoms with Gasteiger partial charge in [-0.3, -0.25) is 14.9 Å². The first-order valence-electron chi connectivity index (χ1n) is 7.80. The van der Waals surface area contributed by atoms with E-state index in [1.807, 2.05) is 6.92 Å². The van der Waals surface area contributed by atoms with Crippen molar-refractivity contribution in [3.8, 4) is 5.75 Å². The first-order chi connectivity index (χ1) is 11.9. The number of ketones is 1. The van der Waals surface area contributed by atoms with Crippen LogP contribution in [0.1, 0.15) is 35.7 Å². The number of halogens is 2. The number of unbranched alkanes of at least 4 members (excludes halogenated alkanes) is 1. The van der Waals surface area contributed by atoms with Gasteiger partial charge in [0.05, 0.1) is 21.6 Å². The minimum Gasteiger partial charge on any atom is -0.487 e. The van der Waals surface area contributed by atoms with Crippen LogP contribution >= 0.6 is 23.2 Å². The van der Waals surface area contributed by atoms with Gasteiger partial charge in [0.2, 0.25) is 0 Å². The van der Waals surface area contributed by atoms with Crippen molar-refractivity contribution in [1.82, 2.24) is 0 Å². The molecule has 0 aromatic heterocycles. The molecule has 0 atom stereocenters. The molecule has 0 unspecified atom stereocenters. The summed E-state index contributed by atoms with van der Waals surface area (Å²) in [5.41, 5.74) is 0.724. The quantitative estimate of drug-likeness (QED) is 0.261. The number of nitro benzene ring substituents is 1. The maximum atomic E-state index is 12.4. The van der Waals surface area contributed by atoms with Gasteiger partial charge in [0, 0.05) is 18.1 Å². The summed E-state index contributed by atoms with van der Waals surface area (Å²) < 4.78 is 5.44. The van der Waals surface area contributed by atoms with E-state index < -0.39 is 4.92 Å². The Morgan fingerprint density at radius 1 is 1.16 bits per heavy atom. The number of carbonyl (C=O) groups is 1. The lowest BCUT2D eigenvalue weighted by molar-refractivity contribution is -0.385. The Balaban J connectivity index is 2.20. The van der Waals surface area contributed by atoms with E-state index in [4.69, 9.17) is 27.9 Å². The zero-order valence-corrected chi connectivity index (χ0v) is 15.1. The third-order valence-electron chi connectivity index (χ3n) is 3.58. The Morgan fingerprint density at radius 3 is 2.56 bits per heavy atom. The summed E-state index contributed by atoms with van der Waals surface area (Å²) in [6.07, 6.45) is 1.80. The Kier molecular flexibility index (Phi) is 6.79. The van der Waals surface area contributed by atoms with Gasteiger partial charge in [0.1, 0.15) is 0 Å². The normalized spacial score (nSPS) is 10.5. The molecule has 0 saturated carbocycles. The molecule has 0 fully saturated rings. The third kappa shape index (κ3) is 5.18. The van der Waals surface area contributed by atoms with Crippen LogP contribution in [0.4, 0.5) is 5.69 Å². The number of nitro groups is 1. The molecule has 0 saturated heterocycles. The predicted molar refractivity (Wildman–Crippen MR) is 98.0 cm³/mol. The van der Waals surface area contributed by atoms with Crippen molar-refractivity contribution in [2.24, 2.45) is 0 Å². The molecular formula is C18H17Cl2NO4. The van der Waals surface area contributed by atoms with Crippen LogP contribution in [0.2, 0.25) is 10.0 Å². The van der Waals surface area contributed by atoms with Crippen molar-refractivity contribution in [3.63, 3.8) is 0 Å². The van der Waals surface area contributed by atoms with E-state index in [-0.39, 0.29) is 29.2 Å². The Bertz CT molecular complexity index is 793. The van der Waals surface area contributed by atoms with Crippen molar-refractivity contribution in [1.29, 1.82) is 0 Å². The summed E-state index contributed by atoms with van der Waals surface area (Å²) >= 11 is 11.8. The zero-order valence-electron chi connectivity index (χ0n) is 13.6. The van der Waals surface area contributed by atoms with E-state index in [1.54, 1.807) is 18.2 Å². The summed E-state index contributed by atoms with van der Waals surface area (Å²) in [7, 11) is 0. The minimum absolute atomic E-state index is 0.0735. The molecule has 5 nitrogen and oxygen atoms in total. The second kappa shape index (κ2) is 8.83. The first-order valence-corrected chi connectivity index (χ1v) is 8.56. The van der Waals surface area contributed by atoms with Crippen LogP contribution in [0.3, 0.4) is 0 Å². The average Bonchev–Trinajstić information content (AvgIpc) is 2.58. The summed E-state index contributed by atoms with van der Waals surface area (Å²) in [5, 5.41) is 12.0. The van der Waals surface area contributed by atoms with Crippen LogP contribution in [-0.2, 0) is 6.42 Å². The highest BCUT2D eigenvalue weighted by Gasteiger charge is 2.19. The van der Waals surface area contributed by atoms with Crippen LogP contribution in [-0.4, -0.2) is 17.3 Å². The van der Waals surface area contributed by atoms with Crippen LogP contribution in [0, 0.1) is 10.1 Å². The molecule has 2 rings (SSSR count). The van der Waals surface area contributed by atoms with Crippen LogP contribution in [0.15, 0.2) is 36.4 Å². The van der Waals surface area contributed by atoms with Gasteiger partial charge in [0.15, 0.2) is 11.5 Å². The molecule has 0 bridgehead atoms. The molecule has 0 aliphatic carbocycles. The number of Topliss-reactive ketones (excluding diaryl/α,β-unsaturated/α-hetero) is 1. The fourth-order valence-corrected chi connectivity index (χ4v) is 2.54. The largest absolute Gasteiger partial charge is 0.487 e. The molecule has 0 heterocycles. The van der Waals surface area contributed by atoms with Gasteiger partial charge in [-0.1, -0.05) is 42.6 Å². The topological polar surface area (TPSA) is 69.4 Å². The molecule has 25 heavy (non-hydrogen) atoms. The predicted octanol–water partition coefficient (Wildman–Crippen LogP) is 5.51. The number of benzene rings is 2. The lowest BCUT2D eigenvalue weighted by Gasteiger charge is -2.08. The molecule has 7 heteroatoms. The monoisotopic (exact) mass is 381 g/mol. The van der Waals surface area contributed by atoms with E-state index in [9.17, 15) is 14.9 Å². The maximum absolute atomic E-state index is 12.4. The molecule has 2 aromatic carbocycles. The molecule has 0 spiro atoms. The summed E-state index contributed by atoms with van der Waals surface area (Å²) in [5.74, 6) is -0.0777. The number of carbonyl (C=O) groups excluding carboxylic acids is 1. The van der Waals surface area contributed by atoms with Gasteiger partial charge in [-0.15, -0.1) is 0 Å². The molecular weight excluding hydrogens is 365 g/mol. The molecule has 0 amide bonds. The highest BCUT2D eigenvalue weighted by molar-refractivity contribution is 6.42. The van der Waals surface area contributed by atoms with Crippen LogP contribution in [0.5, 0.6) is 5.75 Å². The summed E-state index contributed by atoms with van der Waals surface area (Å²) in [6.45, 7) is 2.40. The van der Waals surface area contributed by atoms with E-state index in [0.717, 1.165) is 12.8 Å². The van der Waals surface area contributed by atoms with Gasteiger partial charge < -0.3 is 4.74 Å². The number of nitrogens with zero attached hydrogens (tertiary/aromatic N) is 1. The van der Waals surface area contributed by atoms with Gasteiger partial charge in [-0.25, -0.2) is 0 Å². The number of ether oxygens (including phenoxy) is 1. The fourth-order valence-electron chi connectivity index (χ4n) is 2.22. The third-order valence-corrected chi connectivity index (χ3v) is 4.32. The Labute approximate surface area is 155 Å². The van der Waals surface area contributed by atoms with E-state index >= 15 is 0 Å². The number of rotatable bonds is 8. The highest BCUT2D eigenvalue weighted by Crippen LogP contribution is 2.29. The molecule has 0 N–H and O–H groups in total. The lowest BCUT2D eigenvalue weighted by atomic mass is 10.0. The van der Waals surface area contributed by atoms with Crippen molar-refractivity contribution < 1.29 is 14.5 Å². The standard InChI is InChI=1S/C18H17Cl2NO4/c1-2-3-8-25-18-7-5-13(11-16(18)21(23)24)17(22)10-12-4-6-14(19)15(20)9-12/h4-7,9,11H,2-3,8,10H2,1H3. The molecule has 0 radical (unpaired) electrons. The number of hydrogen-bond acceptors (Lipinski definition) is 4.